The van der Waals surface area contributed by atoms with Crippen LogP contribution >= 0.6 is 0 Å². The quantitative estimate of drug-likeness (QED) is 0.295. The maximum absolute atomic E-state index is 12.8. The van der Waals surface area contributed by atoms with E-state index in [2.05, 4.69) is 0 Å². The Bertz CT molecular complexity index is 478. The molecule has 0 aliphatic rings. The Morgan fingerprint density at radius 3 is 2.00 bits per heavy atom. The van der Waals surface area contributed by atoms with Gasteiger partial charge in [-0.15, -0.1) is 0 Å². The van der Waals surface area contributed by atoms with Crippen LogP contribution in [0.15, 0.2) is 24.3 Å². The molecule has 25 heavy (non-hydrogen) atoms. The number of hydrogen-bond donors (Lipinski definition) is 0. The van der Waals surface area contributed by atoms with E-state index in [1.807, 2.05) is 20.8 Å². The highest BCUT2D eigenvalue weighted by Crippen LogP contribution is 2.20. The van der Waals surface area contributed by atoms with Gasteiger partial charge in [-0.3, -0.25) is 0 Å². The van der Waals surface area contributed by atoms with Crippen molar-refractivity contribution in [3.63, 3.8) is 0 Å². The molecule has 0 aliphatic heterocycles. The highest BCUT2D eigenvalue weighted by Gasteiger charge is 2.39. The summed E-state index contributed by atoms with van der Waals surface area (Å²) in [5.41, 5.74) is 0.358. The third-order valence-electron chi connectivity index (χ3n) is 3.53. The summed E-state index contributed by atoms with van der Waals surface area (Å²) in [4.78, 5) is 11.8. The Labute approximate surface area is 150 Å². The van der Waals surface area contributed by atoms with E-state index in [0.717, 1.165) is 25.3 Å². The number of ether oxygens (including phenoxy) is 1. The average molecular weight is 373 g/mol. The van der Waals surface area contributed by atoms with Gasteiger partial charge in [-0.25, -0.2) is 9.18 Å². The molecule has 1 aromatic rings. The molecule has 0 saturated heterocycles. The maximum atomic E-state index is 12.8. The van der Waals surface area contributed by atoms with Crippen LogP contribution in [0.25, 0.3) is 0 Å². The van der Waals surface area contributed by atoms with Crippen molar-refractivity contribution in [2.75, 3.05) is 26.4 Å². The van der Waals surface area contributed by atoms with E-state index in [0.29, 0.717) is 32.0 Å². The van der Waals surface area contributed by atoms with Crippen molar-refractivity contribution >= 4 is 14.8 Å². The first-order valence-corrected chi connectivity index (χ1v) is 10.8. The van der Waals surface area contributed by atoms with E-state index in [1.54, 1.807) is 0 Å². The molecule has 7 heteroatoms. The summed E-state index contributed by atoms with van der Waals surface area (Å²) >= 11 is 0. The van der Waals surface area contributed by atoms with E-state index < -0.39 is 14.8 Å². The third kappa shape index (κ3) is 8.09. The van der Waals surface area contributed by atoms with Crippen LogP contribution in [0.3, 0.4) is 0 Å². The van der Waals surface area contributed by atoms with Gasteiger partial charge in [-0.2, -0.15) is 0 Å². The Balaban J connectivity index is 2.29. The SMILES string of the molecule is CCO[Si](CCCCCOC(=O)c1ccc(F)cc1)(OCC)OCC. The lowest BCUT2D eigenvalue weighted by atomic mass is 10.2. The molecule has 0 fully saturated rings. The van der Waals surface area contributed by atoms with Crippen LogP contribution in [0, 0.1) is 5.82 Å². The molecular weight excluding hydrogens is 343 g/mol. The summed E-state index contributed by atoms with van der Waals surface area (Å²) in [6, 6.07) is 6.09. The van der Waals surface area contributed by atoms with Crippen LogP contribution in [0.4, 0.5) is 4.39 Å². The van der Waals surface area contributed by atoms with Crippen molar-refractivity contribution < 1.29 is 27.2 Å². The summed E-state index contributed by atoms with van der Waals surface area (Å²) in [7, 11) is -2.58. The molecule has 0 amide bonds. The number of rotatable bonds is 13. The second kappa shape index (κ2) is 12.1. The Morgan fingerprint density at radius 2 is 1.48 bits per heavy atom. The zero-order chi connectivity index (χ0) is 18.5. The summed E-state index contributed by atoms with van der Waals surface area (Å²) < 4.78 is 35.4. The third-order valence-corrected chi connectivity index (χ3v) is 6.68. The number of hydrogen-bond acceptors (Lipinski definition) is 5. The lowest BCUT2D eigenvalue weighted by Gasteiger charge is -2.28. The van der Waals surface area contributed by atoms with Crippen molar-refractivity contribution in [2.45, 2.75) is 46.1 Å². The minimum Gasteiger partial charge on any atom is -0.462 e. The van der Waals surface area contributed by atoms with E-state index in [4.69, 9.17) is 18.0 Å². The van der Waals surface area contributed by atoms with Gasteiger partial charge < -0.3 is 18.0 Å². The average Bonchev–Trinajstić information content (AvgIpc) is 2.59. The molecule has 0 radical (unpaired) electrons. The number of halogens is 1. The Hall–Kier alpha value is -1.28. The van der Waals surface area contributed by atoms with Gasteiger partial charge in [-0.05, 0) is 57.9 Å². The van der Waals surface area contributed by atoms with E-state index >= 15 is 0 Å². The standard InChI is InChI=1S/C18H29FO5Si/c1-4-22-25(23-5-2,24-6-3)15-9-7-8-14-21-18(20)16-10-12-17(19)13-11-16/h10-13H,4-9,14-15H2,1-3H3. The van der Waals surface area contributed by atoms with Gasteiger partial charge in [0.2, 0.25) is 0 Å². The van der Waals surface area contributed by atoms with Gasteiger partial charge in [0.25, 0.3) is 0 Å². The van der Waals surface area contributed by atoms with Crippen LogP contribution in [-0.4, -0.2) is 41.2 Å². The summed E-state index contributed by atoms with van der Waals surface area (Å²) in [6.45, 7) is 7.87. The lowest BCUT2D eigenvalue weighted by molar-refractivity contribution is 0.0493. The smallest absolute Gasteiger partial charge is 0.462 e. The largest absolute Gasteiger partial charge is 0.500 e. The predicted molar refractivity (Wildman–Crippen MR) is 96.0 cm³/mol. The van der Waals surface area contributed by atoms with E-state index in [-0.39, 0.29) is 5.82 Å². The molecule has 0 atom stereocenters. The molecule has 0 bridgehead atoms. The topological polar surface area (TPSA) is 54.0 Å². The summed E-state index contributed by atoms with van der Waals surface area (Å²) in [6.07, 6.45) is 2.53. The van der Waals surface area contributed by atoms with Gasteiger partial charge in [0, 0.05) is 25.9 Å². The molecule has 142 valence electrons. The zero-order valence-corrected chi connectivity index (χ0v) is 16.4. The molecule has 0 aliphatic carbocycles. The Morgan fingerprint density at radius 1 is 0.920 bits per heavy atom. The monoisotopic (exact) mass is 372 g/mol. The molecule has 0 N–H and O–H groups in total. The van der Waals surface area contributed by atoms with Crippen LogP contribution in [-0.2, 0) is 18.0 Å². The Kier molecular flexibility index (Phi) is 10.6. The minimum atomic E-state index is -2.58. The molecule has 1 aromatic carbocycles. The molecule has 0 unspecified atom stereocenters. The fraction of sp³-hybridized carbons (Fsp3) is 0.611. The second-order valence-electron chi connectivity index (χ2n) is 5.44. The normalized spacial score (nSPS) is 11.5. The van der Waals surface area contributed by atoms with E-state index in [1.165, 1.54) is 24.3 Å². The van der Waals surface area contributed by atoms with Crippen molar-refractivity contribution in [3.05, 3.63) is 35.6 Å². The zero-order valence-electron chi connectivity index (χ0n) is 15.4. The van der Waals surface area contributed by atoms with Gasteiger partial charge >= 0.3 is 14.8 Å². The highest BCUT2D eigenvalue weighted by molar-refractivity contribution is 6.60. The molecule has 0 saturated carbocycles. The minimum absolute atomic E-state index is 0.336. The van der Waals surface area contributed by atoms with Crippen LogP contribution in [0.1, 0.15) is 50.4 Å². The van der Waals surface area contributed by atoms with Gasteiger partial charge in [0.1, 0.15) is 5.82 Å². The van der Waals surface area contributed by atoms with Crippen molar-refractivity contribution in [2.24, 2.45) is 0 Å². The van der Waals surface area contributed by atoms with Crippen molar-refractivity contribution in [1.82, 2.24) is 0 Å². The van der Waals surface area contributed by atoms with Crippen LogP contribution < -0.4 is 0 Å². The molecule has 0 spiro atoms. The molecule has 0 aromatic heterocycles. The number of carbonyl (C=O) groups excluding carboxylic acids is 1. The second-order valence-corrected chi connectivity index (χ2v) is 8.17. The first-order chi connectivity index (χ1) is 12.1. The van der Waals surface area contributed by atoms with Gasteiger partial charge in [0.05, 0.1) is 12.2 Å². The molecule has 0 heterocycles. The number of esters is 1. The molecule has 5 nitrogen and oxygen atoms in total. The highest BCUT2D eigenvalue weighted by atomic mass is 28.4. The van der Waals surface area contributed by atoms with E-state index in [9.17, 15) is 9.18 Å². The summed E-state index contributed by atoms with van der Waals surface area (Å²) in [5, 5.41) is 0. The number of carbonyl (C=O) groups is 1. The first kappa shape index (κ1) is 21.8. The fourth-order valence-electron chi connectivity index (χ4n) is 2.46. The van der Waals surface area contributed by atoms with Gasteiger partial charge in [0.15, 0.2) is 0 Å². The van der Waals surface area contributed by atoms with Gasteiger partial charge in [-0.1, -0.05) is 6.42 Å². The first-order valence-electron chi connectivity index (χ1n) is 8.91. The summed E-state index contributed by atoms with van der Waals surface area (Å²) in [5.74, 6) is -0.802. The predicted octanol–water partition coefficient (Wildman–Crippen LogP) is 4.20. The fourth-order valence-corrected chi connectivity index (χ4v) is 5.14. The molecule has 1 rings (SSSR count). The number of unbranched alkanes of at least 4 members (excludes halogenated alkanes) is 2. The van der Waals surface area contributed by atoms with Crippen LogP contribution in [0.2, 0.25) is 6.04 Å². The van der Waals surface area contributed by atoms with Crippen molar-refractivity contribution in [3.8, 4) is 0 Å². The molecular formula is C18H29FO5Si. The van der Waals surface area contributed by atoms with Crippen LogP contribution in [0.5, 0.6) is 0 Å². The number of benzene rings is 1. The lowest BCUT2D eigenvalue weighted by Crippen LogP contribution is -2.45. The maximum Gasteiger partial charge on any atom is 0.500 e. The van der Waals surface area contributed by atoms with Crippen molar-refractivity contribution in [1.29, 1.82) is 0 Å².